The van der Waals surface area contributed by atoms with E-state index in [1.54, 1.807) is 0 Å². The van der Waals surface area contributed by atoms with Crippen LogP contribution in [-0.4, -0.2) is 22.0 Å². The number of aromatic nitrogens is 2. The molecule has 2 rings (SSSR count). The standard InChI is InChI=1S/C12H11Cl2N3O/c13-10-7-9(8-11(14)16-10)12(18)15-3-6-17-4-1-2-5-17/h1-2,4-5,7-8H,3,6H2,(H,15,18). The third kappa shape index (κ3) is 3.48. The summed E-state index contributed by atoms with van der Waals surface area (Å²) in [4.78, 5) is 15.6. The van der Waals surface area contributed by atoms with Crippen LogP contribution in [0.5, 0.6) is 0 Å². The molecule has 0 bridgehead atoms. The van der Waals surface area contributed by atoms with Gasteiger partial charge in [0.1, 0.15) is 10.3 Å². The van der Waals surface area contributed by atoms with Gasteiger partial charge in [0.05, 0.1) is 0 Å². The number of carbonyl (C=O) groups excluding carboxylic acids is 1. The van der Waals surface area contributed by atoms with Gasteiger partial charge in [0.15, 0.2) is 0 Å². The molecular weight excluding hydrogens is 273 g/mol. The normalized spacial score (nSPS) is 10.3. The first-order valence-electron chi connectivity index (χ1n) is 5.37. The molecule has 0 saturated carbocycles. The van der Waals surface area contributed by atoms with Gasteiger partial charge in [-0.3, -0.25) is 4.79 Å². The van der Waals surface area contributed by atoms with Crippen LogP contribution in [0.15, 0.2) is 36.7 Å². The van der Waals surface area contributed by atoms with E-state index in [0.717, 1.165) is 0 Å². The summed E-state index contributed by atoms with van der Waals surface area (Å²) >= 11 is 11.5. The number of nitrogens with one attached hydrogen (secondary N) is 1. The fourth-order valence-electron chi connectivity index (χ4n) is 1.52. The Morgan fingerprint density at radius 1 is 1.22 bits per heavy atom. The molecule has 0 aliphatic heterocycles. The van der Waals surface area contributed by atoms with Crippen LogP contribution in [0, 0.1) is 0 Å². The lowest BCUT2D eigenvalue weighted by Gasteiger charge is -2.06. The quantitative estimate of drug-likeness (QED) is 0.877. The minimum atomic E-state index is -0.214. The van der Waals surface area contributed by atoms with Crippen molar-refractivity contribution in [1.82, 2.24) is 14.9 Å². The first kappa shape index (κ1) is 12.9. The SMILES string of the molecule is O=C(NCCn1cccc1)c1cc(Cl)nc(Cl)c1. The number of rotatable bonds is 4. The summed E-state index contributed by atoms with van der Waals surface area (Å²) in [5, 5.41) is 3.20. The second kappa shape index (κ2) is 5.89. The molecule has 0 aliphatic rings. The molecule has 1 N–H and O–H groups in total. The first-order valence-corrected chi connectivity index (χ1v) is 6.13. The Bertz CT molecular complexity index is 520. The van der Waals surface area contributed by atoms with Crippen molar-refractivity contribution in [3.8, 4) is 0 Å². The molecule has 0 aromatic carbocycles. The van der Waals surface area contributed by atoms with Crippen molar-refractivity contribution in [3.05, 3.63) is 52.5 Å². The van der Waals surface area contributed by atoms with Crippen LogP contribution in [-0.2, 0) is 6.54 Å². The number of hydrogen-bond acceptors (Lipinski definition) is 2. The minimum absolute atomic E-state index is 0.207. The van der Waals surface area contributed by atoms with E-state index in [9.17, 15) is 4.79 Å². The van der Waals surface area contributed by atoms with Crippen LogP contribution >= 0.6 is 23.2 Å². The van der Waals surface area contributed by atoms with Gasteiger partial charge < -0.3 is 9.88 Å². The highest BCUT2D eigenvalue weighted by molar-refractivity contribution is 6.33. The summed E-state index contributed by atoms with van der Waals surface area (Å²) in [6, 6.07) is 6.84. The minimum Gasteiger partial charge on any atom is -0.353 e. The van der Waals surface area contributed by atoms with Gasteiger partial charge in [-0.25, -0.2) is 4.98 Å². The topological polar surface area (TPSA) is 46.9 Å². The highest BCUT2D eigenvalue weighted by Crippen LogP contribution is 2.14. The molecule has 18 heavy (non-hydrogen) atoms. The zero-order chi connectivity index (χ0) is 13.0. The molecule has 0 spiro atoms. The van der Waals surface area contributed by atoms with E-state index in [0.29, 0.717) is 18.7 Å². The van der Waals surface area contributed by atoms with Gasteiger partial charge >= 0.3 is 0 Å². The first-order chi connectivity index (χ1) is 8.65. The molecule has 6 heteroatoms. The van der Waals surface area contributed by atoms with Gasteiger partial charge in [0.2, 0.25) is 0 Å². The van der Waals surface area contributed by atoms with E-state index in [1.807, 2.05) is 29.1 Å². The largest absolute Gasteiger partial charge is 0.353 e. The maximum absolute atomic E-state index is 11.8. The van der Waals surface area contributed by atoms with Crippen LogP contribution in [0.1, 0.15) is 10.4 Å². The van der Waals surface area contributed by atoms with Gasteiger partial charge in [-0.15, -0.1) is 0 Å². The van der Waals surface area contributed by atoms with E-state index in [4.69, 9.17) is 23.2 Å². The van der Waals surface area contributed by atoms with Gasteiger partial charge in [0.25, 0.3) is 5.91 Å². The Morgan fingerprint density at radius 3 is 2.44 bits per heavy atom. The second-order valence-corrected chi connectivity index (χ2v) is 4.45. The molecular formula is C12H11Cl2N3O. The zero-order valence-electron chi connectivity index (χ0n) is 9.44. The third-order valence-corrected chi connectivity index (χ3v) is 2.73. The number of pyridine rings is 1. The zero-order valence-corrected chi connectivity index (χ0v) is 10.9. The molecule has 0 radical (unpaired) electrons. The van der Waals surface area contributed by atoms with E-state index in [1.165, 1.54) is 12.1 Å². The Balaban J connectivity index is 1.91. The summed E-state index contributed by atoms with van der Waals surface area (Å²) in [6.45, 7) is 1.25. The fraction of sp³-hybridized carbons (Fsp3) is 0.167. The van der Waals surface area contributed by atoms with Gasteiger partial charge in [-0.2, -0.15) is 0 Å². The average Bonchev–Trinajstić information content (AvgIpc) is 2.80. The summed E-state index contributed by atoms with van der Waals surface area (Å²) in [6.07, 6.45) is 3.87. The van der Waals surface area contributed by atoms with Crippen molar-refractivity contribution < 1.29 is 4.79 Å². The maximum Gasteiger partial charge on any atom is 0.251 e. The lowest BCUT2D eigenvalue weighted by molar-refractivity contribution is 0.0952. The van der Waals surface area contributed by atoms with Crippen molar-refractivity contribution in [2.24, 2.45) is 0 Å². The monoisotopic (exact) mass is 283 g/mol. The summed E-state index contributed by atoms with van der Waals surface area (Å²) in [7, 11) is 0. The van der Waals surface area contributed by atoms with Crippen LogP contribution in [0.2, 0.25) is 10.3 Å². The summed E-state index contributed by atoms with van der Waals surface area (Å²) < 4.78 is 1.98. The predicted octanol–water partition coefficient (Wildman–Crippen LogP) is 2.62. The molecule has 1 amide bonds. The molecule has 0 aliphatic carbocycles. The Kier molecular flexibility index (Phi) is 4.23. The van der Waals surface area contributed by atoms with E-state index >= 15 is 0 Å². The van der Waals surface area contributed by atoms with E-state index < -0.39 is 0 Å². The van der Waals surface area contributed by atoms with E-state index in [-0.39, 0.29) is 16.2 Å². The second-order valence-electron chi connectivity index (χ2n) is 3.68. The summed E-state index contributed by atoms with van der Waals surface area (Å²) in [5.74, 6) is -0.214. The van der Waals surface area contributed by atoms with Gasteiger partial charge in [-0.1, -0.05) is 23.2 Å². The third-order valence-electron chi connectivity index (χ3n) is 2.35. The molecule has 2 heterocycles. The number of nitrogens with zero attached hydrogens (tertiary/aromatic N) is 2. The number of hydrogen-bond donors (Lipinski definition) is 1. The highest BCUT2D eigenvalue weighted by atomic mass is 35.5. The fourth-order valence-corrected chi connectivity index (χ4v) is 1.98. The highest BCUT2D eigenvalue weighted by Gasteiger charge is 2.07. The van der Waals surface area contributed by atoms with Gasteiger partial charge in [-0.05, 0) is 24.3 Å². The molecule has 2 aromatic rings. The predicted molar refractivity (Wildman–Crippen MR) is 71.0 cm³/mol. The molecule has 2 aromatic heterocycles. The molecule has 0 fully saturated rings. The molecule has 94 valence electrons. The Labute approximate surface area is 115 Å². The average molecular weight is 284 g/mol. The van der Waals surface area contributed by atoms with Crippen molar-refractivity contribution in [2.75, 3.05) is 6.54 Å². The van der Waals surface area contributed by atoms with E-state index in [2.05, 4.69) is 10.3 Å². The smallest absolute Gasteiger partial charge is 0.251 e. The van der Waals surface area contributed by atoms with Crippen LogP contribution in [0.25, 0.3) is 0 Å². The van der Waals surface area contributed by atoms with Gasteiger partial charge in [0, 0.05) is 31.0 Å². The lowest BCUT2D eigenvalue weighted by atomic mass is 10.2. The van der Waals surface area contributed by atoms with Crippen molar-refractivity contribution in [2.45, 2.75) is 6.54 Å². The lowest BCUT2D eigenvalue weighted by Crippen LogP contribution is -2.27. The van der Waals surface area contributed by atoms with Crippen LogP contribution in [0.3, 0.4) is 0 Å². The molecule has 0 atom stereocenters. The van der Waals surface area contributed by atoms with Crippen molar-refractivity contribution in [3.63, 3.8) is 0 Å². The van der Waals surface area contributed by atoms with Crippen molar-refractivity contribution >= 4 is 29.1 Å². The number of carbonyl (C=O) groups is 1. The van der Waals surface area contributed by atoms with Crippen LogP contribution in [0.4, 0.5) is 0 Å². The molecule has 4 nitrogen and oxygen atoms in total. The Hall–Kier alpha value is -1.52. The number of halogens is 2. The maximum atomic E-state index is 11.8. The Morgan fingerprint density at radius 2 is 1.83 bits per heavy atom. The van der Waals surface area contributed by atoms with Crippen molar-refractivity contribution in [1.29, 1.82) is 0 Å². The van der Waals surface area contributed by atoms with Crippen LogP contribution < -0.4 is 5.32 Å². The molecule has 0 unspecified atom stereocenters. The number of amides is 1. The summed E-state index contributed by atoms with van der Waals surface area (Å²) in [5.41, 5.74) is 0.410. The molecule has 0 saturated heterocycles.